The molecule has 1 aliphatic rings. The Morgan fingerprint density at radius 3 is 2.44 bits per heavy atom. The van der Waals surface area contributed by atoms with E-state index < -0.39 is 5.92 Å². The Balaban J connectivity index is 2.42. The summed E-state index contributed by atoms with van der Waals surface area (Å²) in [5, 5.41) is 2.83. The van der Waals surface area contributed by atoms with E-state index in [-0.39, 0.29) is 24.9 Å². The number of carbonyl (C=O) groups excluding carboxylic acids is 1. The Hall–Kier alpha value is -1.13. The summed E-state index contributed by atoms with van der Waals surface area (Å²) in [4.78, 5) is 13.6. The average molecular weight is 260 g/mol. The molecule has 0 aromatic heterocycles. The summed E-state index contributed by atoms with van der Waals surface area (Å²) in [6.45, 7) is 8.61. The van der Waals surface area contributed by atoms with Crippen molar-refractivity contribution in [3.63, 3.8) is 0 Å². The topological polar surface area (TPSA) is 32.3 Å². The number of hydrogen-bond acceptors (Lipinski definition) is 1. The van der Waals surface area contributed by atoms with Crippen molar-refractivity contribution < 1.29 is 13.6 Å². The molecular weight excluding hydrogens is 238 g/mol. The van der Waals surface area contributed by atoms with Gasteiger partial charge < -0.3 is 10.2 Å². The fourth-order valence-corrected chi connectivity index (χ4v) is 2.10. The second-order valence-corrected chi connectivity index (χ2v) is 5.05. The molecule has 0 unspecified atom stereocenters. The molecule has 0 aliphatic heterocycles. The molecule has 18 heavy (non-hydrogen) atoms. The van der Waals surface area contributed by atoms with Crippen LogP contribution in [0.5, 0.6) is 0 Å². The first-order valence-electron chi connectivity index (χ1n) is 6.41. The second kappa shape index (κ2) is 6.16. The van der Waals surface area contributed by atoms with E-state index >= 15 is 0 Å². The number of nitrogens with zero attached hydrogens (tertiary/aromatic N) is 1. The van der Waals surface area contributed by atoms with E-state index in [4.69, 9.17) is 0 Å². The van der Waals surface area contributed by atoms with Crippen LogP contribution in [0.1, 0.15) is 39.5 Å². The van der Waals surface area contributed by atoms with Gasteiger partial charge in [0.05, 0.1) is 0 Å². The molecule has 3 nitrogen and oxygen atoms in total. The fraction of sp³-hybridized carbons (Fsp3) is 0.769. The zero-order chi connectivity index (χ0) is 13.8. The Morgan fingerprint density at radius 1 is 1.44 bits per heavy atom. The molecule has 1 saturated carbocycles. The number of urea groups is 1. The summed E-state index contributed by atoms with van der Waals surface area (Å²) in [5.74, 6) is -2.55. The Labute approximate surface area is 107 Å². The molecule has 1 aliphatic carbocycles. The molecule has 1 rings (SSSR count). The quantitative estimate of drug-likeness (QED) is 0.774. The maximum atomic E-state index is 13.0. The van der Waals surface area contributed by atoms with E-state index in [1.54, 1.807) is 4.90 Å². The van der Waals surface area contributed by atoms with Crippen molar-refractivity contribution in [3.05, 3.63) is 12.2 Å². The predicted octanol–water partition coefficient (Wildman–Crippen LogP) is 3.17. The van der Waals surface area contributed by atoms with Gasteiger partial charge in [0.2, 0.25) is 5.92 Å². The third kappa shape index (κ3) is 4.63. The van der Waals surface area contributed by atoms with Crippen LogP contribution in [-0.2, 0) is 0 Å². The highest BCUT2D eigenvalue weighted by Crippen LogP contribution is 2.32. The number of rotatable bonds is 4. The lowest BCUT2D eigenvalue weighted by molar-refractivity contribution is -0.0397. The lowest BCUT2D eigenvalue weighted by Crippen LogP contribution is -2.47. The molecule has 0 saturated heterocycles. The molecule has 0 heterocycles. The van der Waals surface area contributed by atoms with E-state index in [0.29, 0.717) is 25.9 Å². The lowest BCUT2D eigenvalue weighted by Gasteiger charge is -2.31. The minimum Gasteiger partial charge on any atom is -0.335 e. The van der Waals surface area contributed by atoms with Crippen molar-refractivity contribution in [2.24, 2.45) is 0 Å². The van der Waals surface area contributed by atoms with Gasteiger partial charge in [0.15, 0.2) is 0 Å². The Bertz CT molecular complexity index is 308. The van der Waals surface area contributed by atoms with Crippen molar-refractivity contribution in [1.29, 1.82) is 0 Å². The van der Waals surface area contributed by atoms with Crippen molar-refractivity contribution >= 4 is 6.03 Å². The number of likely N-dealkylation sites (N-methyl/N-ethyl adjacent to an activating group) is 1. The first-order chi connectivity index (χ1) is 8.34. The summed E-state index contributed by atoms with van der Waals surface area (Å²) in [6, 6.07) is -0.313. The summed E-state index contributed by atoms with van der Waals surface area (Å²) in [5.41, 5.74) is 0.905. The Morgan fingerprint density at radius 2 is 2.00 bits per heavy atom. The third-order valence-corrected chi connectivity index (χ3v) is 3.17. The molecule has 0 spiro atoms. The minimum absolute atomic E-state index is 0.128. The zero-order valence-corrected chi connectivity index (χ0v) is 11.1. The first-order valence-corrected chi connectivity index (χ1v) is 6.41. The molecule has 0 radical (unpaired) electrons. The van der Waals surface area contributed by atoms with Gasteiger partial charge in [0.1, 0.15) is 0 Å². The van der Waals surface area contributed by atoms with E-state index in [2.05, 4.69) is 11.9 Å². The van der Waals surface area contributed by atoms with Gasteiger partial charge in [-0.05, 0) is 26.7 Å². The minimum atomic E-state index is -2.55. The molecule has 0 aromatic rings. The number of carbonyl (C=O) groups is 1. The van der Waals surface area contributed by atoms with Crippen LogP contribution in [0.25, 0.3) is 0 Å². The normalized spacial score (nSPS) is 19.3. The SMILES string of the molecule is C=C(C)CN(CC)C(=O)NC1CCC(F)(F)CC1. The Kier molecular flexibility index (Phi) is 5.11. The third-order valence-electron chi connectivity index (χ3n) is 3.17. The van der Waals surface area contributed by atoms with Gasteiger partial charge in [-0.15, -0.1) is 0 Å². The van der Waals surface area contributed by atoms with Gasteiger partial charge in [-0.25, -0.2) is 13.6 Å². The van der Waals surface area contributed by atoms with Crippen LogP contribution in [0.15, 0.2) is 12.2 Å². The van der Waals surface area contributed by atoms with E-state index in [0.717, 1.165) is 5.57 Å². The van der Waals surface area contributed by atoms with Crippen molar-refractivity contribution in [1.82, 2.24) is 10.2 Å². The molecule has 104 valence electrons. The van der Waals surface area contributed by atoms with Crippen LogP contribution in [-0.4, -0.2) is 36.0 Å². The molecule has 1 fully saturated rings. The van der Waals surface area contributed by atoms with Gasteiger partial charge >= 0.3 is 6.03 Å². The van der Waals surface area contributed by atoms with Crippen molar-refractivity contribution in [2.75, 3.05) is 13.1 Å². The first kappa shape index (κ1) is 14.9. The standard InChI is InChI=1S/C13H22F2N2O/c1-4-17(9-10(2)3)12(18)16-11-5-7-13(14,15)8-6-11/h11H,2,4-9H2,1,3H3,(H,16,18). The molecular formula is C13H22F2N2O. The van der Waals surface area contributed by atoms with Crippen LogP contribution in [0.3, 0.4) is 0 Å². The largest absolute Gasteiger partial charge is 0.335 e. The van der Waals surface area contributed by atoms with E-state index in [9.17, 15) is 13.6 Å². The van der Waals surface area contributed by atoms with E-state index in [1.807, 2.05) is 13.8 Å². The number of hydrogen-bond donors (Lipinski definition) is 1. The summed E-state index contributed by atoms with van der Waals surface area (Å²) >= 11 is 0. The zero-order valence-electron chi connectivity index (χ0n) is 11.1. The predicted molar refractivity (Wildman–Crippen MR) is 67.8 cm³/mol. The van der Waals surface area contributed by atoms with Crippen LogP contribution >= 0.6 is 0 Å². The molecule has 0 bridgehead atoms. The average Bonchev–Trinajstić information content (AvgIpc) is 2.28. The number of halogens is 2. The summed E-state index contributed by atoms with van der Waals surface area (Å²) in [7, 11) is 0. The molecule has 1 N–H and O–H groups in total. The van der Waals surface area contributed by atoms with Crippen LogP contribution in [0.2, 0.25) is 0 Å². The van der Waals surface area contributed by atoms with Gasteiger partial charge in [-0.3, -0.25) is 0 Å². The highest BCUT2D eigenvalue weighted by Gasteiger charge is 2.35. The van der Waals surface area contributed by atoms with Crippen molar-refractivity contribution in [3.8, 4) is 0 Å². The second-order valence-electron chi connectivity index (χ2n) is 5.05. The smallest absolute Gasteiger partial charge is 0.317 e. The molecule has 0 atom stereocenters. The number of alkyl halides is 2. The molecule has 2 amide bonds. The van der Waals surface area contributed by atoms with Crippen LogP contribution in [0.4, 0.5) is 13.6 Å². The monoisotopic (exact) mass is 260 g/mol. The summed E-state index contributed by atoms with van der Waals surface area (Å²) < 4.78 is 26.0. The van der Waals surface area contributed by atoms with Crippen molar-refractivity contribution in [2.45, 2.75) is 51.5 Å². The van der Waals surface area contributed by atoms with Crippen LogP contribution < -0.4 is 5.32 Å². The summed E-state index contributed by atoms with van der Waals surface area (Å²) in [6.07, 6.45) is 0.432. The number of nitrogens with one attached hydrogen (secondary N) is 1. The fourth-order valence-electron chi connectivity index (χ4n) is 2.10. The van der Waals surface area contributed by atoms with Gasteiger partial charge in [0.25, 0.3) is 0 Å². The molecule has 5 heteroatoms. The van der Waals surface area contributed by atoms with Gasteiger partial charge in [-0.1, -0.05) is 12.2 Å². The highest BCUT2D eigenvalue weighted by molar-refractivity contribution is 5.74. The van der Waals surface area contributed by atoms with Crippen LogP contribution in [0, 0.1) is 0 Å². The number of amides is 2. The maximum Gasteiger partial charge on any atom is 0.317 e. The molecule has 0 aromatic carbocycles. The van der Waals surface area contributed by atoms with E-state index in [1.165, 1.54) is 0 Å². The lowest BCUT2D eigenvalue weighted by atomic mass is 9.92. The van der Waals surface area contributed by atoms with Gasteiger partial charge in [-0.2, -0.15) is 0 Å². The van der Waals surface area contributed by atoms with Gasteiger partial charge in [0, 0.05) is 32.0 Å². The maximum absolute atomic E-state index is 13.0. The highest BCUT2D eigenvalue weighted by atomic mass is 19.3.